The molecule has 0 atom stereocenters. The first-order valence-corrected chi connectivity index (χ1v) is 6.44. The summed E-state index contributed by atoms with van der Waals surface area (Å²) in [6.07, 6.45) is 1.73. The van der Waals surface area contributed by atoms with Gasteiger partial charge in [-0.2, -0.15) is 0 Å². The van der Waals surface area contributed by atoms with Gasteiger partial charge in [0.05, 0.1) is 0 Å². The number of carbonyl (C=O) groups excluding carboxylic acids is 1. The van der Waals surface area contributed by atoms with Gasteiger partial charge in [0, 0.05) is 17.4 Å². The topological polar surface area (TPSA) is 44.9 Å². The molecule has 0 aliphatic rings. The van der Waals surface area contributed by atoms with Gasteiger partial charge >= 0.3 is 0 Å². The number of H-pyrrole nitrogens is 1. The van der Waals surface area contributed by atoms with Gasteiger partial charge in [-0.15, -0.1) is 0 Å². The Morgan fingerprint density at radius 1 is 0.850 bits per heavy atom. The van der Waals surface area contributed by atoms with Crippen LogP contribution in [0.1, 0.15) is 10.5 Å². The lowest BCUT2D eigenvalue weighted by atomic mass is 10.0. The number of nitrogens with one attached hydrogen (secondary N) is 2. The number of amides is 1. The molecule has 98 valence electrons. The summed E-state index contributed by atoms with van der Waals surface area (Å²) in [5, 5.41) is 2.94. The zero-order valence-corrected chi connectivity index (χ0v) is 10.8. The van der Waals surface area contributed by atoms with Gasteiger partial charge in [-0.25, -0.2) is 0 Å². The minimum atomic E-state index is -0.140. The van der Waals surface area contributed by atoms with Crippen LogP contribution in [0, 0.1) is 0 Å². The molecule has 0 saturated carbocycles. The van der Waals surface area contributed by atoms with Crippen LogP contribution in [0.4, 0.5) is 5.69 Å². The molecule has 1 aromatic heterocycles. The molecule has 2 aromatic carbocycles. The van der Waals surface area contributed by atoms with Gasteiger partial charge in [-0.05, 0) is 23.8 Å². The minimum Gasteiger partial charge on any atom is -0.357 e. The van der Waals surface area contributed by atoms with Crippen molar-refractivity contribution in [3.63, 3.8) is 0 Å². The fraction of sp³-hybridized carbons (Fsp3) is 0. The Morgan fingerprint density at radius 3 is 2.35 bits per heavy atom. The van der Waals surface area contributed by atoms with E-state index in [2.05, 4.69) is 10.3 Å². The molecule has 3 nitrogen and oxygen atoms in total. The van der Waals surface area contributed by atoms with Gasteiger partial charge < -0.3 is 10.3 Å². The number of benzene rings is 2. The second-order valence-corrected chi connectivity index (χ2v) is 4.45. The van der Waals surface area contributed by atoms with E-state index >= 15 is 0 Å². The Balaban J connectivity index is 1.93. The maximum absolute atomic E-state index is 12.1. The van der Waals surface area contributed by atoms with Gasteiger partial charge in [0.1, 0.15) is 5.69 Å². The SMILES string of the molecule is O=C(Nc1ccccc1-c1ccccc1)c1ccc[nH]1. The van der Waals surface area contributed by atoms with Gasteiger partial charge in [0.25, 0.3) is 5.91 Å². The summed E-state index contributed by atoms with van der Waals surface area (Å²) >= 11 is 0. The summed E-state index contributed by atoms with van der Waals surface area (Å²) in [7, 11) is 0. The third-order valence-electron chi connectivity index (χ3n) is 3.10. The van der Waals surface area contributed by atoms with Crippen molar-refractivity contribution >= 4 is 11.6 Å². The third-order valence-corrected chi connectivity index (χ3v) is 3.10. The average Bonchev–Trinajstić information content (AvgIpc) is 3.03. The summed E-state index contributed by atoms with van der Waals surface area (Å²) < 4.78 is 0. The molecule has 0 saturated heterocycles. The number of hydrogen-bond donors (Lipinski definition) is 2. The summed E-state index contributed by atoms with van der Waals surface area (Å²) in [5.41, 5.74) is 3.44. The number of carbonyl (C=O) groups is 1. The van der Waals surface area contributed by atoms with E-state index in [0.29, 0.717) is 5.69 Å². The molecule has 3 aromatic rings. The normalized spacial score (nSPS) is 10.2. The zero-order valence-electron chi connectivity index (χ0n) is 10.8. The molecule has 20 heavy (non-hydrogen) atoms. The number of anilines is 1. The van der Waals surface area contributed by atoms with Crippen LogP contribution in [0.5, 0.6) is 0 Å². The molecule has 0 fully saturated rings. The van der Waals surface area contributed by atoms with E-state index in [0.717, 1.165) is 16.8 Å². The van der Waals surface area contributed by atoms with Crippen LogP contribution in [0.2, 0.25) is 0 Å². The number of rotatable bonds is 3. The Kier molecular flexibility index (Phi) is 3.33. The maximum atomic E-state index is 12.1. The highest BCUT2D eigenvalue weighted by Crippen LogP contribution is 2.27. The smallest absolute Gasteiger partial charge is 0.272 e. The van der Waals surface area contributed by atoms with E-state index in [9.17, 15) is 4.79 Å². The van der Waals surface area contributed by atoms with E-state index in [-0.39, 0.29) is 5.91 Å². The summed E-state index contributed by atoms with van der Waals surface area (Å²) in [6, 6.07) is 21.3. The van der Waals surface area contributed by atoms with Crippen LogP contribution in [0.25, 0.3) is 11.1 Å². The quantitative estimate of drug-likeness (QED) is 0.738. The number of aromatic nitrogens is 1. The molecule has 1 heterocycles. The number of aromatic amines is 1. The molecule has 0 aliphatic heterocycles. The lowest BCUT2D eigenvalue weighted by molar-refractivity contribution is 0.102. The lowest BCUT2D eigenvalue weighted by Crippen LogP contribution is -2.12. The molecular formula is C17H14N2O. The average molecular weight is 262 g/mol. The van der Waals surface area contributed by atoms with Gasteiger partial charge in [0.2, 0.25) is 0 Å². The molecule has 2 N–H and O–H groups in total. The molecular weight excluding hydrogens is 248 g/mol. The molecule has 3 rings (SSSR count). The maximum Gasteiger partial charge on any atom is 0.272 e. The van der Waals surface area contributed by atoms with Crippen molar-refractivity contribution < 1.29 is 4.79 Å². The molecule has 3 heteroatoms. The van der Waals surface area contributed by atoms with Crippen molar-refractivity contribution in [2.24, 2.45) is 0 Å². The highest BCUT2D eigenvalue weighted by Gasteiger charge is 2.10. The highest BCUT2D eigenvalue weighted by molar-refractivity contribution is 6.05. The number of hydrogen-bond acceptors (Lipinski definition) is 1. The Labute approximate surface area is 117 Å². The first-order chi connectivity index (χ1) is 9.84. The van der Waals surface area contributed by atoms with Crippen LogP contribution < -0.4 is 5.32 Å². The Morgan fingerprint density at radius 2 is 1.60 bits per heavy atom. The third kappa shape index (κ3) is 2.47. The van der Waals surface area contributed by atoms with E-state index in [1.807, 2.05) is 54.6 Å². The first kappa shape index (κ1) is 12.2. The Hall–Kier alpha value is -2.81. The summed E-state index contributed by atoms with van der Waals surface area (Å²) in [4.78, 5) is 15.0. The highest BCUT2D eigenvalue weighted by atomic mass is 16.1. The molecule has 0 spiro atoms. The minimum absolute atomic E-state index is 0.140. The van der Waals surface area contributed by atoms with Gasteiger partial charge in [-0.1, -0.05) is 48.5 Å². The summed E-state index contributed by atoms with van der Waals surface area (Å²) in [6.45, 7) is 0. The Bertz CT molecular complexity index is 703. The van der Waals surface area contributed by atoms with E-state index < -0.39 is 0 Å². The van der Waals surface area contributed by atoms with E-state index in [1.54, 1.807) is 18.3 Å². The zero-order chi connectivity index (χ0) is 13.8. The number of para-hydroxylation sites is 1. The fourth-order valence-electron chi connectivity index (χ4n) is 2.12. The first-order valence-electron chi connectivity index (χ1n) is 6.44. The van der Waals surface area contributed by atoms with Crippen molar-refractivity contribution in [1.82, 2.24) is 4.98 Å². The summed E-state index contributed by atoms with van der Waals surface area (Å²) in [5.74, 6) is -0.140. The molecule has 0 aliphatic carbocycles. The van der Waals surface area contributed by atoms with Crippen molar-refractivity contribution in [1.29, 1.82) is 0 Å². The fourth-order valence-corrected chi connectivity index (χ4v) is 2.12. The monoisotopic (exact) mass is 262 g/mol. The van der Waals surface area contributed by atoms with E-state index in [1.165, 1.54) is 0 Å². The molecule has 0 bridgehead atoms. The molecule has 0 radical (unpaired) electrons. The van der Waals surface area contributed by atoms with Gasteiger partial charge in [0.15, 0.2) is 0 Å². The van der Waals surface area contributed by atoms with Crippen molar-refractivity contribution in [3.05, 3.63) is 78.6 Å². The van der Waals surface area contributed by atoms with Crippen LogP contribution in [-0.4, -0.2) is 10.9 Å². The second kappa shape index (κ2) is 5.45. The second-order valence-electron chi connectivity index (χ2n) is 4.45. The van der Waals surface area contributed by atoms with Crippen LogP contribution in [0.15, 0.2) is 72.9 Å². The van der Waals surface area contributed by atoms with E-state index in [4.69, 9.17) is 0 Å². The standard InChI is InChI=1S/C17H14N2O/c20-17(16-11-6-12-18-16)19-15-10-5-4-9-14(15)13-7-2-1-3-8-13/h1-12,18H,(H,19,20). The molecule has 1 amide bonds. The molecule has 0 unspecified atom stereocenters. The van der Waals surface area contributed by atoms with Crippen molar-refractivity contribution in [3.8, 4) is 11.1 Å². The van der Waals surface area contributed by atoms with Crippen LogP contribution in [-0.2, 0) is 0 Å². The largest absolute Gasteiger partial charge is 0.357 e. The predicted molar refractivity (Wildman–Crippen MR) is 80.6 cm³/mol. The predicted octanol–water partition coefficient (Wildman–Crippen LogP) is 3.93. The lowest BCUT2D eigenvalue weighted by Gasteiger charge is -2.10. The van der Waals surface area contributed by atoms with Gasteiger partial charge in [-0.3, -0.25) is 4.79 Å². The van der Waals surface area contributed by atoms with Crippen molar-refractivity contribution in [2.45, 2.75) is 0 Å². The van der Waals surface area contributed by atoms with Crippen LogP contribution >= 0.6 is 0 Å². The van der Waals surface area contributed by atoms with Crippen LogP contribution in [0.3, 0.4) is 0 Å². The van der Waals surface area contributed by atoms with Crippen molar-refractivity contribution in [2.75, 3.05) is 5.32 Å².